The van der Waals surface area contributed by atoms with Crippen LogP contribution >= 0.6 is 0 Å². The molecule has 0 N–H and O–H groups in total. The van der Waals surface area contributed by atoms with E-state index in [4.69, 9.17) is 15.0 Å². The van der Waals surface area contributed by atoms with E-state index in [9.17, 15) is 0 Å². The van der Waals surface area contributed by atoms with E-state index in [2.05, 4.69) is 59.3 Å². The first kappa shape index (κ1) is 28.8. The van der Waals surface area contributed by atoms with E-state index in [0.29, 0.717) is 0 Å². The summed E-state index contributed by atoms with van der Waals surface area (Å²) < 4.78 is 4.43. The van der Waals surface area contributed by atoms with Crippen molar-refractivity contribution >= 4 is 22.1 Å². The Morgan fingerprint density at radius 2 is 0.971 bits per heavy atom. The predicted octanol–water partition coefficient (Wildman–Crippen LogP) is -1.84. The molecular formula is C25H27Cl2CoN7. The van der Waals surface area contributed by atoms with E-state index in [1.165, 1.54) is 0 Å². The zero-order valence-electron chi connectivity index (χ0n) is 20.0. The Balaban J connectivity index is 0.00000144. The maximum Gasteiger partial charge on any atom is 2.00 e. The Morgan fingerprint density at radius 3 is 1.37 bits per heavy atom. The summed E-state index contributed by atoms with van der Waals surface area (Å²) in [6.45, 7) is 1.45. The summed E-state index contributed by atoms with van der Waals surface area (Å²) in [5.41, 5.74) is 5.81. The summed E-state index contributed by atoms with van der Waals surface area (Å²) in [6.07, 6.45) is 0. The number of benzene rings is 2. The van der Waals surface area contributed by atoms with Gasteiger partial charge in [-0.3, -0.25) is 9.80 Å². The van der Waals surface area contributed by atoms with Gasteiger partial charge in [0.1, 0.15) is 11.4 Å². The molecule has 5 rings (SSSR count). The second-order valence-corrected chi connectivity index (χ2v) is 8.55. The van der Waals surface area contributed by atoms with Gasteiger partial charge in [-0.2, -0.15) is 0 Å². The molecule has 0 atom stereocenters. The summed E-state index contributed by atoms with van der Waals surface area (Å²) in [7, 11) is 8.25. The van der Waals surface area contributed by atoms with Gasteiger partial charge < -0.3 is 33.9 Å². The van der Waals surface area contributed by atoms with E-state index in [1.807, 2.05) is 54.6 Å². The van der Waals surface area contributed by atoms with Crippen LogP contribution in [0.4, 0.5) is 0 Å². The van der Waals surface area contributed by atoms with Gasteiger partial charge in [0.15, 0.2) is 11.6 Å². The predicted molar refractivity (Wildman–Crippen MR) is 129 cm³/mol. The zero-order chi connectivity index (χ0) is 22.2. The van der Waals surface area contributed by atoms with Crippen molar-refractivity contribution in [1.82, 2.24) is 33.9 Å². The van der Waals surface area contributed by atoms with Crippen molar-refractivity contribution in [2.75, 3.05) is 28.2 Å². The summed E-state index contributed by atoms with van der Waals surface area (Å²) in [4.78, 5) is 19.2. The normalized spacial score (nSPS) is 10.9. The minimum Gasteiger partial charge on any atom is -1.00 e. The van der Waals surface area contributed by atoms with Crippen LogP contribution < -0.4 is 24.8 Å². The van der Waals surface area contributed by atoms with E-state index in [1.54, 1.807) is 0 Å². The van der Waals surface area contributed by atoms with E-state index >= 15 is 0 Å². The molecule has 0 spiro atoms. The van der Waals surface area contributed by atoms with E-state index in [-0.39, 0.29) is 41.6 Å². The fourth-order valence-electron chi connectivity index (χ4n) is 4.08. The summed E-state index contributed by atoms with van der Waals surface area (Å²) in [5.74, 6) is 1.72. The number of rotatable bonds is 6. The Kier molecular flexibility index (Phi) is 9.85. The molecule has 10 heteroatoms. The third-order valence-electron chi connectivity index (χ3n) is 5.36. The fourth-order valence-corrected chi connectivity index (χ4v) is 4.08. The van der Waals surface area contributed by atoms with Crippen molar-refractivity contribution in [2.24, 2.45) is 0 Å². The molecule has 0 aliphatic carbocycles. The Morgan fingerprint density at radius 1 is 0.571 bits per heavy atom. The number of halogens is 2. The van der Waals surface area contributed by atoms with Crippen LogP contribution in [0.5, 0.6) is 0 Å². The van der Waals surface area contributed by atoms with Crippen molar-refractivity contribution in [1.29, 1.82) is 0 Å². The summed E-state index contributed by atoms with van der Waals surface area (Å²) in [6, 6.07) is 22.5. The topological polar surface area (TPSA) is 55.0 Å². The monoisotopic (exact) mass is 554 g/mol. The second-order valence-electron chi connectivity index (χ2n) is 8.55. The Hall–Kier alpha value is -2.46. The van der Waals surface area contributed by atoms with Gasteiger partial charge >= 0.3 is 16.8 Å². The molecule has 0 saturated carbocycles. The first-order chi connectivity index (χ1) is 15.5. The van der Waals surface area contributed by atoms with Crippen LogP contribution in [0.3, 0.4) is 0 Å². The maximum absolute atomic E-state index is 5.04. The van der Waals surface area contributed by atoms with Gasteiger partial charge in [-0.05, 0) is 64.6 Å². The molecular weight excluding hydrogens is 528 g/mol. The smallest absolute Gasteiger partial charge is 1.00 e. The maximum atomic E-state index is 5.04. The third-order valence-corrected chi connectivity index (χ3v) is 5.36. The number of fused-ring (bicyclic) bond motifs is 2. The standard InChI is InChI=1S/C25H27N7.2ClH.Co/c1-29(2)16-31-22-14-7-5-10-18(22)27-24(31)20-12-9-13-21(26-20)25-28-19-11-6-8-15-23(19)32(25)17-30(3)4;;;/h5-15H,16-17H2,1-4H3;2*1H;/q;;;+2/p-2. The molecule has 3 heterocycles. The molecule has 7 nitrogen and oxygen atoms in total. The average molecular weight is 555 g/mol. The number of para-hydroxylation sites is 4. The van der Waals surface area contributed by atoms with Crippen LogP contribution in [-0.4, -0.2) is 62.1 Å². The molecule has 0 bridgehead atoms. The molecule has 0 aliphatic heterocycles. The fraction of sp³-hybridized carbons (Fsp3) is 0.240. The third kappa shape index (κ3) is 5.69. The zero-order valence-corrected chi connectivity index (χ0v) is 22.5. The number of pyridine rings is 1. The summed E-state index contributed by atoms with van der Waals surface area (Å²) in [5, 5.41) is 0. The Labute approximate surface area is 228 Å². The van der Waals surface area contributed by atoms with Gasteiger partial charge in [-0.25, -0.2) is 15.0 Å². The van der Waals surface area contributed by atoms with Gasteiger partial charge in [-0.1, -0.05) is 30.3 Å². The van der Waals surface area contributed by atoms with Crippen molar-refractivity contribution in [3.63, 3.8) is 0 Å². The summed E-state index contributed by atoms with van der Waals surface area (Å²) >= 11 is 0. The van der Waals surface area contributed by atoms with E-state index < -0.39 is 0 Å². The van der Waals surface area contributed by atoms with Crippen LogP contribution in [0.25, 0.3) is 45.1 Å². The van der Waals surface area contributed by atoms with E-state index in [0.717, 1.165) is 58.4 Å². The van der Waals surface area contributed by atoms with Crippen molar-refractivity contribution in [3.05, 3.63) is 66.7 Å². The first-order valence-electron chi connectivity index (χ1n) is 10.7. The number of imidazole rings is 2. The molecule has 0 unspecified atom stereocenters. The molecule has 2 aromatic carbocycles. The number of hydrogen-bond donors (Lipinski definition) is 0. The van der Waals surface area contributed by atoms with Crippen LogP contribution in [0.15, 0.2) is 66.7 Å². The molecule has 35 heavy (non-hydrogen) atoms. The number of nitrogens with zero attached hydrogens (tertiary/aromatic N) is 7. The van der Waals surface area contributed by atoms with Crippen LogP contribution in [0.2, 0.25) is 0 Å². The van der Waals surface area contributed by atoms with Gasteiger partial charge in [0.2, 0.25) is 0 Å². The van der Waals surface area contributed by atoms with Crippen LogP contribution in [-0.2, 0) is 30.1 Å². The molecule has 185 valence electrons. The molecule has 0 aliphatic rings. The SMILES string of the molecule is CN(C)Cn1c(-c2cccc(-c3nc4ccccc4n3CN(C)C)n2)nc2ccccc21.[Cl-].[Cl-].[Co+2]. The molecule has 5 aromatic rings. The minimum absolute atomic E-state index is 0. The quantitative estimate of drug-likeness (QED) is 0.247. The molecule has 3 aromatic heterocycles. The molecule has 1 radical (unpaired) electrons. The molecule has 0 fully saturated rings. The van der Waals surface area contributed by atoms with Crippen molar-refractivity contribution in [3.8, 4) is 23.0 Å². The molecule has 0 saturated heterocycles. The van der Waals surface area contributed by atoms with Gasteiger partial charge in [0, 0.05) is 0 Å². The average Bonchev–Trinajstić information content (AvgIpc) is 3.32. The van der Waals surface area contributed by atoms with Gasteiger partial charge in [-0.15, -0.1) is 0 Å². The largest absolute Gasteiger partial charge is 2.00 e. The second kappa shape index (κ2) is 12.0. The number of aromatic nitrogens is 5. The first-order valence-corrected chi connectivity index (χ1v) is 10.7. The van der Waals surface area contributed by atoms with Gasteiger partial charge in [0.05, 0.1) is 35.4 Å². The Bertz CT molecular complexity index is 1310. The van der Waals surface area contributed by atoms with Crippen LogP contribution in [0, 0.1) is 0 Å². The molecule has 0 amide bonds. The van der Waals surface area contributed by atoms with Crippen molar-refractivity contribution in [2.45, 2.75) is 13.3 Å². The van der Waals surface area contributed by atoms with Crippen LogP contribution in [0.1, 0.15) is 0 Å². The minimum atomic E-state index is 0. The van der Waals surface area contributed by atoms with Gasteiger partial charge in [0.25, 0.3) is 0 Å². The number of hydrogen-bond acceptors (Lipinski definition) is 5. The van der Waals surface area contributed by atoms with Crippen molar-refractivity contribution < 1.29 is 41.6 Å².